The highest BCUT2D eigenvalue weighted by molar-refractivity contribution is 6.09. The van der Waals surface area contributed by atoms with E-state index in [1.165, 1.54) is 28.3 Å². The van der Waals surface area contributed by atoms with Gasteiger partial charge in [-0.1, -0.05) is 53.7 Å². The summed E-state index contributed by atoms with van der Waals surface area (Å²) < 4.78 is 10.6. The Morgan fingerprint density at radius 1 is 0.694 bits per heavy atom. The molecular weight excluding hydrogens is 1370 g/mol. The minimum absolute atomic E-state index is 0.0195. The molecule has 4 aromatic carbocycles. The van der Waals surface area contributed by atoms with Gasteiger partial charge in [-0.2, -0.15) is 0 Å². The first-order valence-corrected chi connectivity index (χ1v) is 37.6. The summed E-state index contributed by atoms with van der Waals surface area (Å²) in [5, 5.41) is 36.0. The smallest absolute Gasteiger partial charge is 0.254 e. The molecule has 28 heteroatoms. The van der Waals surface area contributed by atoms with E-state index in [1.54, 1.807) is 53.4 Å². The Hall–Kier alpha value is -11.7. The number of nitrogens with zero attached hydrogens (tertiary/aromatic N) is 9. The summed E-state index contributed by atoms with van der Waals surface area (Å²) >= 11 is 0. The van der Waals surface area contributed by atoms with E-state index in [9.17, 15) is 29.1 Å². The molecule has 1 aliphatic carbocycles. The van der Waals surface area contributed by atoms with Gasteiger partial charge in [0.05, 0.1) is 23.8 Å². The van der Waals surface area contributed by atoms with Crippen molar-refractivity contribution in [2.45, 2.75) is 160 Å². The molecule has 4 aliphatic heterocycles. The molecule has 2 fully saturated rings. The fraction of sp³-hybridized carbons (Fsp3) is 0.412. The zero-order chi connectivity index (χ0) is 76.1. The van der Waals surface area contributed by atoms with Crippen LogP contribution in [0.4, 0.5) is 5.69 Å². The van der Waals surface area contributed by atoms with E-state index < -0.39 is 89.6 Å². The van der Waals surface area contributed by atoms with Crippen LogP contribution >= 0.6 is 0 Å². The number of anilines is 1. The molecule has 7 atom stereocenters. The van der Waals surface area contributed by atoms with Crippen molar-refractivity contribution >= 4 is 80.7 Å². The normalized spacial score (nSPS) is 20.1. The number of aromatic amines is 2. The summed E-state index contributed by atoms with van der Waals surface area (Å²) in [5.74, 6) is -4.96. The molecule has 5 aliphatic rings. The van der Waals surface area contributed by atoms with E-state index in [1.807, 2.05) is 42.5 Å². The lowest BCUT2D eigenvalue weighted by Gasteiger charge is -2.32. The molecule has 28 nitrogen and oxygen atoms in total. The van der Waals surface area contributed by atoms with Crippen LogP contribution in [-0.2, 0) is 70.6 Å². The fourth-order valence-corrected chi connectivity index (χ4v) is 15.2. The third-order valence-corrected chi connectivity index (χ3v) is 21.0. The van der Waals surface area contributed by atoms with Crippen molar-refractivity contribution < 1.29 is 52.7 Å². The Morgan fingerprint density at radius 3 is 2.09 bits per heavy atom. The number of amides is 9. The number of H-pyrrole nitrogens is 2. The second kappa shape index (κ2) is 34.7. The highest BCUT2D eigenvalue weighted by Gasteiger charge is 2.44. The third-order valence-electron chi connectivity index (χ3n) is 21.0. The number of imidazole rings is 1. The van der Waals surface area contributed by atoms with Crippen LogP contribution in [0, 0.1) is 0 Å². The van der Waals surface area contributed by atoms with Crippen LogP contribution in [0.5, 0.6) is 5.75 Å². The van der Waals surface area contributed by atoms with Gasteiger partial charge in [-0.25, -0.2) is 9.56 Å². The Balaban J connectivity index is 0.826. The van der Waals surface area contributed by atoms with Gasteiger partial charge in [-0.15, -0.1) is 5.10 Å². The van der Waals surface area contributed by atoms with Gasteiger partial charge in [-0.05, 0) is 138 Å². The molecule has 9 amide bonds. The van der Waals surface area contributed by atoms with E-state index in [0.717, 1.165) is 64.6 Å². The van der Waals surface area contributed by atoms with E-state index >= 15 is 19.2 Å². The predicted molar refractivity (Wildman–Crippen MR) is 406 cm³/mol. The minimum Gasteiger partial charge on any atom is -0.508 e. The van der Waals surface area contributed by atoms with Gasteiger partial charge in [0.15, 0.2) is 0 Å². The third kappa shape index (κ3) is 17.5. The van der Waals surface area contributed by atoms with Crippen LogP contribution in [0.1, 0.15) is 118 Å². The predicted octanol–water partition coefficient (Wildman–Crippen LogP) is 5.26. The number of nitrogens with one attached hydrogen (secondary N) is 7. The number of nitrogens with two attached hydrogens (primary N) is 1. The number of hydrogen-bond acceptors (Lipinski definition) is 15. The molecule has 10 N–H and O–H groups in total. The quantitative estimate of drug-likeness (QED) is 0.0368. The number of phenolic OH excluding ortho intramolecular Hbond substituents is 1. The molecule has 2 bridgehead atoms. The molecule has 2 saturated heterocycles. The second-order valence-corrected chi connectivity index (χ2v) is 28.1. The number of benzene rings is 5. The Bertz CT molecular complexity index is 4790. The highest BCUT2D eigenvalue weighted by Crippen LogP contribution is 2.42. The van der Waals surface area contributed by atoms with Gasteiger partial charge in [0.1, 0.15) is 72.5 Å². The Labute approximate surface area is 625 Å². The number of aryl methyl sites for hydroxylation is 1. The zero-order valence-electron chi connectivity index (χ0n) is 61.7. The number of phenols is 1. The van der Waals surface area contributed by atoms with Crippen molar-refractivity contribution in [1.82, 2.24) is 75.8 Å². The SMILES string of the molecule is CCN(CC)c1ccc2c(-c3ccccc3C(=O)N(C)CCCC(=O)N[C@H]3Cc4cn(nn4)CCCC[C@@H](C(N)=O)NC(=O)[C@H](Cc4ccc(O)cc4)NC(=O)[C@@H]4CCCN4C(=O)[C@H](Cc4c[nH]cn4)NC(=O)[C@@H]4CCCN4C(=O)[C@H](Cc4c[nH]c5ccccc45)NC3=O)c3ccc(=[N+](CC)CC)cc-3oc2c1. The fourth-order valence-electron chi connectivity index (χ4n) is 15.2. The topological polar surface area (TPSA) is 364 Å². The molecule has 3 aromatic heterocycles. The molecule has 108 heavy (non-hydrogen) atoms. The van der Waals surface area contributed by atoms with Crippen LogP contribution in [0.15, 0.2) is 139 Å². The average Bonchev–Trinajstić information content (AvgIpc) is 0.957. The molecule has 7 heterocycles. The number of carbonyl (C=O) groups excluding carboxylic acids is 9. The van der Waals surface area contributed by atoms with Crippen molar-refractivity contribution in [2.75, 3.05) is 57.8 Å². The van der Waals surface area contributed by atoms with E-state index in [4.69, 9.17) is 10.2 Å². The number of primary amides is 1. The average molecular weight is 1470 g/mol. The maximum absolute atomic E-state index is 15.6. The summed E-state index contributed by atoms with van der Waals surface area (Å²) in [6.07, 6.45) is 8.07. The summed E-state index contributed by atoms with van der Waals surface area (Å²) in [6, 6.07) is 24.8. The lowest BCUT2D eigenvalue weighted by Crippen LogP contribution is -2.60. The molecule has 566 valence electrons. The first kappa shape index (κ1) is 76.0. The van der Waals surface area contributed by atoms with Gasteiger partial charge in [0, 0.05) is 148 Å². The monoisotopic (exact) mass is 1470 g/mol. The zero-order valence-corrected chi connectivity index (χ0v) is 61.7. The van der Waals surface area contributed by atoms with Crippen molar-refractivity contribution in [2.24, 2.45) is 5.73 Å². The number of fused-ring (bicyclic) bond motifs is 7. The minimum atomic E-state index is -1.36. The first-order valence-electron chi connectivity index (χ1n) is 37.6. The summed E-state index contributed by atoms with van der Waals surface area (Å²) in [4.78, 5) is 150. The van der Waals surface area contributed by atoms with Gasteiger partial charge < -0.3 is 71.4 Å². The van der Waals surface area contributed by atoms with E-state index in [2.05, 4.69) is 125 Å². The first-order chi connectivity index (χ1) is 52.3. The lowest BCUT2D eigenvalue weighted by atomic mass is 9.90. The van der Waals surface area contributed by atoms with Crippen LogP contribution in [0.25, 0.3) is 44.3 Å². The summed E-state index contributed by atoms with van der Waals surface area (Å²) in [7, 11) is 1.69. The number of hydrogen-bond donors (Lipinski definition) is 9. The number of rotatable bonds is 19. The van der Waals surface area contributed by atoms with E-state index in [-0.39, 0.29) is 95.6 Å². The van der Waals surface area contributed by atoms with Crippen molar-refractivity contribution in [3.8, 4) is 28.2 Å². The maximum Gasteiger partial charge on any atom is 0.254 e. The molecule has 0 unspecified atom stereocenters. The van der Waals surface area contributed by atoms with Crippen molar-refractivity contribution in [3.63, 3.8) is 0 Å². The second-order valence-electron chi connectivity index (χ2n) is 28.1. The molecule has 0 spiro atoms. The van der Waals surface area contributed by atoms with E-state index in [0.29, 0.717) is 70.7 Å². The Morgan fingerprint density at radius 2 is 1.39 bits per heavy atom. The standard InChI is InChI=1S/C80H95N17O11/c1-6-93(7-2)53-29-33-59-69(43-53)108-70-44-54(94(8-3)9-4)30-34-60(70)72(59)57-20-10-11-21-58(57)78(105)92(5)35-18-26-71(99)85-64-42-52-47-95(91-90-52)36-15-14-23-62(73(81)100)86-74(101)63(39-49-27-31-55(98)32-28-49)87-76(103)67-24-16-38-97(67)80(107)66(41-51-46-82-48-84-51)89-77(104)68-25-17-37-96(68)79(106)65(88-75(64)102)40-50-45-83-61-22-13-12-19-56(50)61/h10-13,19-22,27-34,43-48,62-68,83H,6-9,14-18,23-26,35-42H2,1-5H3,(H8-,81,82,84,85,86,87,88,89,98,99,100,101,102,103,104)/p+1/t62-,63-,64-,65-,66-,67-,68-/m0/s1. The van der Waals surface area contributed by atoms with Crippen LogP contribution in [0.3, 0.4) is 0 Å². The van der Waals surface area contributed by atoms with Crippen LogP contribution in [-0.4, -0.2) is 198 Å². The molecular formula is C80H96N17O11+. The number of aromatic nitrogens is 6. The van der Waals surface area contributed by atoms with Gasteiger partial charge in [0.2, 0.25) is 52.6 Å². The Kier molecular flexibility index (Phi) is 24.4. The number of carbonyl (C=O) groups is 9. The van der Waals surface area contributed by atoms with Crippen LogP contribution < -0.4 is 47.2 Å². The molecule has 7 aromatic rings. The summed E-state index contributed by atoms with van der Waals surface area (Å²) in [5.41, 5.74) is 13.2. The van der Waals surface area contributed by atoms with Crippen molar-refractivity contribution in [3.05, 3.63) is 168 Å². The molecule has 0 saturated carbocycles. The van der Waals surface area contributed by atoms with Crippen LogP contribution in [0.2, 0.25) is 0 Å². The number of aromatic hydroxyl groups is 1. The van der Waals surface area contributed by atoms with Crippen molar-refractivity contribution in [1.29, 1.82) is 0 Å². The van der Waals surface area contributed by atoms with Gasteiger partial charge >= 0.3 is 0 Å². The van der Waals surface area contributed by atoms with Gasteiger partial charge in [0.25, 0.3) is 5.91 Å². The largest absolute Gasteiger partial charge is 0.508 e. The molecule has 12 rings (SSSR count). The van der Waals surface area contributed by atoms with Gasteiger partial charge in [-0.3, -0.25) is 47.8 Å². The molecule has 0 radical (unpaired) electrons. The summed E-state index contributed by atoms with van der Waals surface area (Å²) in [6.45, 7) is 12.3. The lowest BCUT2D eigenvalue weighted by molar-refractivity contribution is -0.144. The maximum atomic E-state index is 15.6. The number of para-hydroxylation sites is 1. The highest BCUT2D eigenvalue weighted by atomic mass is 16.3.